The summed E-state index contributed by atoms with van der Waals surface area (Å²) in [6.07, 6.45) is 0.415. The SMILES string of the molecule is CCCS(=O)(=O)c1ccc2c(S(=O)(=O)O)c(N=Nc3ccc4cccc(NC(=O)c5ccccc5)c4c3O)ccc2c1.O=S(=O)=O.O=S(=O)=O. The number of fused-ring (bicyclic) bond motifs is 2. The van der Waals surface area contributed by atoms with E-state index in [-0.39, 0.29) is 44.5 Å². The first-order valence-corrected chi connectivity index (χ1v) is 18.9. The van der Waals surface area contributed by atoms with Crippen LogP contribution in [0.5, 0.6) is 5.75 Å². The molecule has 0 saturated heterocycles. The monoisotopic (exact) mass is 763 g/mol. The van der Waals surface area contributed by atoms with Crippen molar-refractivity contribution >= 4 is 85.7 Å². The molecule has 0 bridgehead atoms. The van der Waals surface area contributed by atoms with Gasteiger partial charge in [0, 0.05) is 16.3 Å². The average Bonchev–Trinajstić information content (AvgIpc) is 3.03. The molecule has 0 saturated carbocycles. The smallest absolute Gasteiger partial charge is 0.425 e. The van der Waals surface area contributed by atoms with Crippen LogP contribution in [0.4, 0.5) is 17.1 Å². The van der Waals surface area contributed by atoms with E-state index in [1.165, 1.54) is 36.4 Å². The van der Waals surface area contributed by atoms with Gasteiger partial charge in [-0.05, 0) is 59.7 Å². The highest BCUT2D eigenvalue weighted by Gasteiger charge is 2.22. The second kappa shape index (κ2) is 16.8. The van der Waals surface area contributed by atoms with Crippen LogP contribution in [0.25, 0.3) is 21.5 Å². The van der Waals surface area contributed by atoms with Gasteiger partial charge in [-0.15, -0.1) is 35.5 Å². The summed E-state index contributed by atoms with van der Waals surface area (Å²) in [7, 11) is -14.6. The van der Waals surface area contributed by atoms with Crippen LogP contribution in [0, 0.1) is 0 Å². The molecule has 0 spiro atoms. The molecule has 0 fully saturated rings. The Labute approximate surface area is 287 Å². The van der Waals surface area contributed by atoms with Gasteiger partial charge in [-0.25, -0.2) is 8.42 Å². The third-order valence-corrected chi connectivity index (χ3v) is 9.42. The molecule has 0 atom stereocenters. The summed E-state index contributed by atoms with van der Waals surface area (Å²) in [5.74, 6) is -0.752. The number of rotatable bonds is 8. The maximum Gasteiger partial charge on any atom is 0.425 e. The molecule has 5 rings (SSSR count). The van der Waals surface area contributed by atoms with Crippen molar-refractivity contribution in [2.45, 2.75) is 23.1 Å². The molecule has 0 heterocycles. The summed E-state index contributed by atoms with van der Waals surface area (Å²) in [5, 5.41) is 23.2. The summed E-state index contributed by atoms with van der Waals surface area (Å²) < 4.78 is 111. The number of carbonyl (C=O) groups is 1. The Morgan fingerprint density at radius 2 is 1.32 bits per heavy atom. The number of azo groups is 1. The van der Waals surface area contributed by atoms with E-state index in [1.807, 2.05) is 0 Å². The van der Waals surface area contributed by atoms with Crippen LogP contribution in [0.2, 0.25) is 0 Å². The van der Waals surface area contributed by atoms with Gasteiger partial charge in [-0.1, -0.05) is 55.5 Å². The molecule has 262 valence electrons. The first-order chi connectivity index (χ1) is 23.5. The van der Waals surface area contributed by atoms with Crippen LogP contribution in [-0.4, -0.2) is 63.4 Å². The van der Waals surface area contributed by atoms with Crippen LogP contribution in [0.3, 0.4) is 0 Å². The molecule has 20 heteroatoms. The number of sulfone groups is 1. The minimum Gasteiger partial charge on any atom is -0.505 e. The average molecular weight is 764 g/mol. The van der Waals surface area contributed by atoms with Gasteiger partial charge < -0.3 is 10.4 Å². The normalized spacial score (nSPS) is 11.2. The third kappa shape index (κ3) is 10.3. The number of nitrogens with one attached hydrogen (secondary N) is 1. The van der Waals surface area contributed by atoms with E-state index in [4.69, 9.17) is 25.3 Å². The first-order valence-electron chi connectivity index (χ1n) is 13.8. The highest BCUT2D eigenvalue weighted by atomic mass is 32.2. The molecule has 0 aliphatic carbocycles. The van der Waals surface area contributed by atoms with Crippen LogP contribution in [-0.2, 0) is 41.2 Å². The quantitative estimate of drug-likeness (QED) is 0.142. The van der Waals surface area contributed by atoms with Gasteiger partial charge in [-0.3, -0.25) is 9.35 Å². The number of carbonyl (C=O) groups excluding carboxylic acids is 1. The summed E-state index contributed by atoms with van der Waals surface area (Å²) >= 11 is 0. The fourth-order valence-electron chi connectivity index (χ4n) is 4.62. The van der Waals surface area contributed by atoms with Gasteiger partial charge >= 0.3 is 21.2 Å². The molecule has 0 radical (unpaired) electrons. The Balaban J connectivity index is 0.000000764. The Kier molecular flexibility index (Phi) is 13.1. The number of nitrogens with zero attached hydrogens (tertiary/aromatic N) is 2. The number of hydrogen-bond donors (Lipinski definition) is 3. The highest BCUT2D eigenvalue weighted by Crippen LogP contribution is 2.41. The van der Waals surface area contributed by atoms with E-state index in [0.717, 1.165) is 0 Å². The number of aromatic hydroxyl groups is 1. The zero-order chi connectivity index (χ0) is 37.2. The molecule has 50 heavy (non-hydrogen) atoms. The summed E-state index contributed by atoms with van der Waals surface area (Å²) in [6, 6.07) is 23.5. The van der Waals surface area contributed by atoms with Crippen molar-refractivity contribution in [1.29, 1.82) is 0 Å². The summed E-state index contributed by atoms with van der Waals surface area (Å²) in [6.45, 7) is 1.74. The molecule has 0 aliphatic rings. The van der Waals surface area contributed by atoms with Crippen LogP contribution in [0.1, 0.15) is 23.7 Å². The number of benzene rings is 5. The first kappa shape index (κ1) is 39.0. The molecule has 5 aromatic carbocycles. The summed E-state index contributed by atoms with van der Waals surface area (Å²) in [4.78, 5) is 12.2. The minimum absolute atomic E-state index is 0.0219. The lowest BCUT2D eigenvalue weighted by Gasteiger charge is -2.12. The summed E-state index contributed by atoms with van der Waals surface area (Å²) in [5.41, 5.74) is 0.508. The van der Waals surface area contributed by atoms with Crippen molar-refractivity contribution in [3.8, 4) is 5.75 Å². The van der Waals surface area contributed by atoms with Crippen LogP contribution >= 0.6 is 0 Å². The number of anilines is 1. The lowest BCUT2D eigenvalue weighted by Crippen LogP contribution is -2.11. The predicted molar refractivity (Wildman–Crippen MR) is 180 cm³/mol. The number of hydrogen-bond acceptors (Lipinski definition) is 14. The molecule has 5 aromatic rings. The third-order valence-electron chi connectivity index (χ3n) is 6.56. The largest absolute Gasteiger partial charge is 0.505 e. The van der Waals surface area contributed by atoms with Crippen molar-refractivity contribution in [1.82, 2.24) is 0 Å². The number of amides is 1. The van der Waals surface area contributed by atoms with E-state index in [1.54, 1.807) is 61.5 Å². The molecule has 3 N–H and O–H groups in total. The van der Waals surface area contributed by atoms with Crippen molar-refractivity contribution in [3.63, 3.8) is 0 Å². The highest BCUT2D eigenvalue weighted by molar-refractivity contribution is 7.91. The van der Waals surface area contributed by atoms with E-state index >= 15 is 0 Å². The molecule has 0 aromatic heterocycles. The Bertz CT molecular complexity index is 2520. The van der Waals surface area contributed by atoms with Crippen molar-refractivity contribution in [2.24, 2.45) is 10.2 Å². The maximum absolute atomic E-state index is 12.8. The van der Waals surface area contributed by atoms with Gasteiger partial charge in [-0.2, -0.15) is 8.42 Å². The number of phenols is 1. The maximum atomic E-state index is 12.8. The molecule has 0 aliphatic heterocycles. The molecule has 0 unspecified atom stereocenters. The van der Waals surface area contributed by atoms with Gasteiger partial charge in [0.15, 0.2) is 15.6 Å². The van der Waals surface area contributed by atoms with E-state index in [9.17, 15) is 31.3 Å². The molecule has 16 nitrogen and oxygen atoms in total. The van der Waals surface area contributed by atoms with Crippen LogP contribution in [0.15, 0.2) is 111 Å². The van der Waals surface area contributed by atoms with E-state index in [0.29, 0.717) is 28.4 Å². The Morgan fingerprint density at radius 3 is 1.92 bits per heavy atom. The molecule has 1 amide bonds. The van der Waals surface area contributed by atoms with E-state index < -0.39 is 46.1 Å². The lowest BCUT2D eigenvalue weighted by atomic mass is 10.1. The van der Waals surface area contributed by atoms with Gasteiger partial charge in [0.05, 0.1) is 16.3 Å². The fourth-order valence-corrected chi connectivity index (χ4v) is 6.82. The van der Waals surface area contributed by atoms with Crippen molar-refractivity contribution < 1.29 is 56.5 Å². The van der Waals surface area contributed by atoms with Gasteiger partial charge in [0.2, 0.25) is 0 Å². The fraction of sp³-hybridized carbons (Fsp3) is 0.100. The topological polar surface area (TPSA) is 265 Å². The Morgan fingerprint density at radius 1 is 0.740 bits per heavy atom. The zero-order valence-corrected chi connectivity index (χ0v) is 28.8. The second-order valence-electron chi connectivity index (χ2n) is 9.86. The lowest BCUT2D eigenvalue weighted by molar-refractivity contribution is 0.102. The van der Waals surface area contributed by atoms with Crippen molar-refractivity contribution in [3.05, 3.63) is 96.6 Å². The van der Waals surface area contributed by atoms with E-state index in [2.05, 4.69) is 15.5 Å². The second-order valence-corrected chi connectivity index (χ2v) is 14.1. The Hall–Kier alpha value is -5.41. The van der Waals surface area contributed by atoms with Crippen LogP contribution < -0.4 is 5.32 Å². The predicted octanol–water partition coefficient (Wildman–Crippen LogP) is 4.79. The number of phenolic OH excluding ortho intramolecular Hbond substituents is 1. The zero-order valence-electron chi connectivity index (χ0n) is 25.5. The van der Waals surface area contributed by atoms with Crippen molar-refractivity contribution in [2.75, 3.05) is 11.1 Å². The molecular weight excluding hydrogens is 739 g/mol. The van der Waals surface area contributed by atoms with Gasteiger partial charge in [0.25, 0.3) is 16.0 Å². The standard InChI is InChI=1S/C30H25N3O7S2.2O3S/c1-2-17-41(36,37)22-13-14-23-21(18-22)12-16-26(29(23)42(38,39)40)33-32-25-15-11-19-9-6-10-24(27(19)28(25)34)31-30(35)20-7-4-3-5-8-20;2*1-4(2)3/h3-16,18,34H,2,17H2,1H3,(H,31,35)(H,38,39,40);;. The minimum atomic E-state index is -4.83. The van der Waals surface area contributed by atoms with Gasteiger partial charge in [0.1, 0.15) is 16.3 Å². The molecular formula is C30H25N3O13S4.